The minimum Gasteiger partial charge on any atom is -0.361 e. The van der Waals surface area contributed by atoms with E-state index in [1.54, 1.807) is 0 Å². The van der Waals surface area contributed by atoms with Crippen molar-refractivity contribution in [2.75, 3.05) is 26.7 Å². The molecule has 0 spiro atoms. The first-order valence-corrected chi connectivity index (χ1v) is 9.95. The van der Waals surface area contributed by atoms with Gasteiger partial charge in [0, 0.05) is 42.4 Å². The molecule has 26 heavy (non-hydrogen) atoms. The van der Waals surface area contributed by atoms with Crippen molar-refractivity contribution >= 4 is 0 Å². The number of hydrogen-bond donors (Lipinski definition) is 1. The zero-order valence-corrected chi connectivity index (χ0v) is 16.1. The van der Waals surface area contributed by atoms with E-state index in [1.165, 1.54) is 29.7 Å². The zero-order chi connectivity index (χ0) is 18.0. The maximum absolute atomic E-state index is 5.60. The molecule has 4 rings (SSSR count). The number of likely N-dealkylation sites (N-methyl/N-ethyl adjacent to an activating group) is 1. The number of rotatable bonds is 5. The van der Waals surface area contributed by atoms with E-state index in [4.69, 9.17) is 9.51 Å². The Kier molecular flexibility index (Phi) is 5.09. The Bertz CT molecular complexity index is 731. The summed E-state index contributed by atoms with van der Waals surface area (Å²) in [5.74, 6) is 1.12. The Hall–Kier alpha value is -1.72. The van der Waals surface area contributed by atoms with E-state index < -0.39 is 0 Å². The number of aromatic nitrogens is 2. The van der Waals surface area contributed by atoms with Gasteiger partial charge < -0.3 is 9.84 Å². The molecule has 1 fully saturated rings. The summed E-state index contributed by atoms with van der Waals surface area (Å²) in [6, 6.07) is 4.42. The highest BCUT2D eigenvalue weighted by Gasteiger charge is 2.36. The summed E-state index contributed by atoms with van der Waals surface area (Å²) in [6.45, 7) is 6.09. The maximum atomic E-state index is 5.60. The predicted molar refractivity (Wildman–Crippen MR) is 102 cm³/mol. The lowest BCUT2D eigenvalue weighted by Crippen LogP contribution is -2.47. The van der Waals surface area contributed by atoms with E-state index in [1.807, 2.05) is 6.20 Å². The topological polar surface area (TPSA) is 54.2 Å². The van der Waals surface area contributed by atoms with Crippen molar-refractivity contribution in [2.45, 2.75) is 57.4 Å². The van der Waals surface area contributed by atoms with Crippen molar-refractivity contribution in [2.24, 2.45) is 0 Å². The first-order chi connectivity index (χ1) is 12.7. The van der Waals surface area contributed by atoms with Gasteiger partial charge >= 0.3 is 0 Å². The number of hydrogen-bond acceptors (Lipinski definition) is 5. The highest BCUT2D eigenvalue weighted by Crippen LogP contribution is 2.34. The Morgan fingerprint density at radius 1 is 1.19 bits per heavy atom. The van der Waals surface area contributed by atoms with Gasteiger partial charge in [0.15, 0.2) is 0 Å². The largest absolute Gasteiger partial charge is 0.361 e. The molecule has 1 saturated heterocycles. The molecule has 0 atom stereocenters. The number of pyridine rings is 1. The number of fused-ring (bicyclic) bond motifs is 1. The molecule has 3 heterocycles. The van der Waals surface area contributed by atoms with E-state index in [0.717, 1.165) is 63.3 Å². The van der Waals surface area contributed by atoms with Gasteiger partial charge in [-0.1, -0.05) is 11.2 Å². The third kappa shape index (κ3) is 3.55. The third-order valence-corrected chi connectivity index (χ3v) is 6.04. The lowest BCUT2D eigenvalue weighted by molar-refractivity contribution is 0.188. The highest BCUT2D eigenvalue weighted by molar-refractivity contribution is 5.26. The Morgan fingerprint density at radius 3 is 2.77 bits per heavy atom. The summed E-state index contributed by atoms with van der Waals surface area (Å²) in [6.07, 6.45) is 8.92. The molecule has 140 valence electrons. The molecule has 2 aliphatic rings. The van der Waals surface area contributed by atoms with Crippen LogP contribution in [0.5, 0.6) is 0 Å². The molecule has 2 aromatic rings. The number of nitrogens with one attached hydrogen (secondary N) is 1. The average Bonchev–Trinajstić information content (AvgIpc) is 3.06. The Morgan fingerprint density at radius 2 is 2.00 bits per heavy atom. The second-order valence-corrected chi connectivity index (χ2v) is 8.16. The molecular weight excluding hydrogens is 324 g/mol. The second kappa shape index (κ2) is 7.49. The van der Waals surface area contributed by atoms with E-state index in [-0.39, 0.29) is 5.41 Å². The molecule has 0 radical (unpaired) electrons. The summed E-state index contributed by atoms with van der Waals surface area (Å²) >= 11 is 0. The molecule has 2 aromatic heterocycles. The van der Waals surface area contributed by atoms with Crippen LogP contribution in [-0.2, 0) is 24.8 Å². The molecule has 0 saturated carbocycles. The molecule has 1 aliphatic carbocycles. The predicted octanol–water partition coefficient (Wildman–Crippen LogP) is 3.01. The van der Waals surface area contributed by atoms with Crippen LogP contribution in [0.3, 0.4) is 0 Å². The normalized spacial score (nSPS) is 19.5. The number of piperidine rings is 1. The van der Waals surface area contributed by atoms with Gasteiger partial charge in [-0.2, -0.15) is 0 Å². The second-order valence-electron chi connectivity index (χ2n) is 8.16. The lowest BCUT2D eigenvalue weighted by atomic mass is 9.75. The zero-order valence-electron chi connectivity index (χ0n) is 16.1. The van der Waals surface area contributed by atoms with Gasteiger partial charge in [0.2, 0.25) is 0 Å². The van der Waals surface area contributed by atoms with Crippen molar-refractivity contribution in [3.8, 4) is 0 Å². The van der Waals surface area contributed by atoms with Crippen LogP contribution in [0.15, 0.2) is 22.9 Å². The monoisotopic (exact) mass is 354 g/mol. The maximum Gasteiger partial charge on any atom is 0.140 e. The minimum absolute atomic E-state index is 0.123. The SMILES string of the molecule is Cc1ccc(C2(CN(C)Cc3noc4c3CCCC4)CCNCC2)nc1. The van der Waals surface area contributed by atoms with Crippen molar-refractivity contribution in [1.82, 2.24) is 20.4 Å². The summed E-state index contributed by atoms with van der Waals surface area (Å²) in [5, 5.41) is 7.90. The fraction of sp³-hybridized carbons (Fsp3) is 0.619. The molecule has 1 aliphatic heterocycles. The third-order valence-electron chi connectivity index (χ3n) is 6.04. The van der Waals surface area contributed by atoms with Gasteiger partial charge in [0.05, 0.1) is 0 Å². The molecule has 5 nitrogen and oxygen atoms in total. The van der Waals surface area contributed by atoms with Gasteiger partial charge in [-0.05, 0) is 70.8 Å². The van der Waals surface area contributed by atoms with Gasteiger partial charge in [-0.25, -0.2) is 0 Å². The van der Waals surface area contributed by atoms with Gasteiger partial charge in [0.1, 0.15) is 11.5 Å². The first-order valence-electron chi connectivity index (χ1n) is 9.95. The molecule has 0 bridgehead atoms. The molecule has 5 heteroatoms. The number of nitrogens with zero attached hydrogens (tertiary/aromatic N) is 3. The van der Waals surface area contributed by atoms with Crippen molar-refractivity contribution < 1.29 is 4.52 Å². The molecule has 0 aromatic carbocycles. The molecule has 1 N–H and O–H groups in total. The fourth-order valence-corrected chi connectivity index (χ4v) is 4.58. The molecular formula is C21H30N4O. The lowest BCUT2D eigenvalue weighted by Gasteiger charge is -2.40. The van der Waals surface area contributed by atoms with E-state index >= 15 is 0 Å². The smallest absolute Gasteiger partial charge is 0.140 e. The standard InChI is InChI=1S/C21H30N4O/c1-16-7-8-20(23-13-16)21(9-11-22-12-10-21)15-25(2)14-18-17-5-3-4-6-19(17)26-24-18/h7-8,13,22H,3-6,9-12,14-15H2,1-2H3. The van der Waals surface area contributed by atoms with Crippen LogP contribution in [0, 0.1) is 6.92 Å². The van der Waals surface area contributed by atoms with E-state index in [9.17, 15) is 0 Å². The average molecular weight is 354 g/mol. The van der Waals surface area contributed by atoms with Crippen molar-refractivity contribution in [3.63, 3.8) is 0 Å². The van der Waals surface area contributed by atoms with E-state index in [0.29, 0.717) is 0 Å². The summed E-state index contributed by atoms with van der Waals surface area (Å²) in [5.41, 5.74) is 5.09. The summed E-state index contributed by atoms with van der Waals surface area (Å²) in [7, 11) is 2.21. The molecule has 0 unspecified atom stereocenters. The summed E-state index contributed by atoms with van der Waals surface area (Å²) in [4.78, 5) is 7.22. The molecule has 0 amide bonds. The fourth-order valence-electron chi connectivity index (χ4n) is 4.58. The van der Waals surface area contributed by atoms with Crippen LogP contribution < -0.4 is 5.32 Å². The number of aryl methyl sites for hydroxylation is 2. The van der Waals surface area contributed by atoms with Crippen molar-refractivity contribution in [1.29, 1.82) is 0 Å². The first kappa shape index (κ1) is 17.7. The van der Waals surface area contributed by atoms with Crippen LogP contribution in [0.4, 0.5) is 0 Å². The van der Waals surface area contributed by atoms with Crippen LogP contribution in [0.2, 0.25) is 0 Å². The quantitative estimate of drug-likeness (QED) is 0.894. The summed E-state index contributed by atoms with van der Waals surface area (Å²) < 4.78 is 5.60. The van der Waals surface area contributed by atoms with E-state index in [2.05, 4.69) is 41.5 Å². The van der Waals surface area contributed by atoms with Gasteiger partial charge in [0.25, 0.3) is 0 Å². The minimum atomic E-state index is 0.123. The Balaban J connectivity index is 1.52. The van der Waals surface area contributed by atoms with Crippen LogP contribution in [0.1, 0.15) is 54.0 Å². The van der Waals surface area contributed by atoms with Crippen LogP contribution in [0.25, 0.3) is 0 Å². The van der Waals surface area contributed by atoms with Crippen LogP contribution in [-0.4, -0.2) is 41.7 Å². The van der Waals surface area contributed by atoms with Crippen molar-refractivity contribution in [3.05, 3.63) is 46.6 Å². The van der Waals surface area contributed by atoms with Gasteiger partial charge in [-0.15, -0.1) is 0 Å². The highest BCUT2D eigenvalue weighted by atomic mass is 16.5. The van der Waals surface area contributed by atoms with Crippen LogP contribution >= 0.6 is 0 Å². The van der Waals surface area contributed by atoms with Gasteiger partial charge in [-0.3, -0.25) is 9.88 Å². The Labute approximate surface area is 156 Å².